The van der Waals surface area contributed by atoms with Gasteiger partial charge in [0.1, 0.15) is 12.1 Å². The third-order valence-corrected chi connectivity index (χ3v) is 3.67. The first-order valence-electron chi connectivity index (χ1n) is 5.73. The van der Waals surface area contributed by atoms with Crippen molar-refractivity contribution in [3.8, 4) is 0 Å². The summed E-state index contributed by atoms with van der Waals surface area (Å²) in [6.07, 6.45) is 3.38. The maximum Gasteiger partial charge on any atom is 0.163 e. The van der Waals surface area contributed by atoms with Crippen molar-refractivity contribution in [3.05, 3.63) is 53.1 Å². The molecule has 3 nitrogen and oxygen atoms in total. The van der Waals surface area contributed by atoms with Crippen molar-refractivity contribution in [2.75, 3.05) is 0 Å². The minimum absolute atomic E-state index is 0.225. The van der Waals surface area contributed by atoms with Crippen molar-refractivity contribution in [1.29, 1.82) is 0 Å². The van der Waals surface area contributed by atoms with Gasteiger partial charge in [-0.1, -0.05) is 6.07 Å². The van der Waals surface area contributed by atoms with Gasteiger partial charge in [0.05, 0.1) is 11.0 Å². The van der Waals surface area contributed by atoms with E-state index in [2.05, 4.69) is 25.9 Å². The summed E-state index contributed by atoms with van der Waals surface area (Å²) in [6.45, 7) is 0. The van der Waals surface area contributed by atoms with Crippen molar-refractivity contribution in [1.82, 2.24) is 14.4 Å². The summed E-state index contributed by atoms with van der Waals surface area (Å²) < 4.78 is 16.6. The minimum atomic E-state index is -0.225. The summed E-state index contributed by atoms with van der Waals surface area (Å²) in [4.78, 5) is 8.57. The number of hydrogen-bond acceptors (Lipinski definition) is 2. The van der Waals surface area contributed by atoms with Crippen LogP contribution in [0.25, 0.3) is 27.5 Å². The molecule has 0 unspecified atom stereocenters. The average Bonchev–Trinajstić information content (AvgIpc) is 2.79. The topological polar surface area (TPSA) is 30.2 Å². The SMILES string of the molecule is Fc1cccc2c1cc1c3cc(Br)cnc3ncn21. The summed E-state index contributed by atoms with van der Waals surface area (Å²) >= 11 is 3.40. The van der Waals surface area contributed by atoms with Crippen LogP contribution in [0.4, 0.5) is 4.39 Å². The van der Waals surface area contributed by atoms with Gasteiger partial charge in [-0.15, -0.1) is 0 Å². The highest BCUT2D eigenvalue weighted by molar-refractivity contribution is 9.10. The van der Waals surface area contributed by atoms with E-state index in [0.717, 1.165) is 20.9 Å². The predicted octanol–water partition coefficient (Wildman–Crippen LogP) is 3.94. The number of hydrogen-bond donors (Lipinski definition) is 0. The molecule has 4 aromatic rings. The Hall–Kier alpha value is -2.01. The van der Waals surface area contributed by atoms with Crippen molar-refractivity contribution >= 4 is 43.4 Å². The van der Waals surface area contributed by atoms with Gasteiger partial charge in [0, 0.05) is 21.4 Å². The van der Waals surface area contributed by atoms with Crippen LogP contribution in [0.15, 0.2) is 47.3 Å². The highest BCUT2D eigenvalue weighted by Gasteiger charge is 2.10. The van der Waals surface area contributed by atoms with E-state index in [0.29, 0.717) is 11.0 Å². The first-order valence-corrected chi connectivity index (χ1v) is 6.53. The monoisotopic (exact) mass is 315 g/mol. The summed E-state index contributed by atoms with van der Waals surface area (Å²) in [5, 5.41) is 1.49. The average molecular weight is 316 g/mol. The molecule has 5 heteroatoms. The Balaban J connectivity index is 2.30. The lowest BCUT2D eigenvalue weighted by Crippen LogP contribution is -1.91. The van der Waals surface area contributed by atoms with Gasteiger partial charge in [0.15, 0.2) is 5.65 Å². The first-order chi connectivity index (χ1) is 9.24. The van der Waals surface area contributed by atoms with Crippen molar-refractivity contribution in [2.24, 2.45) is 0 Å². The lowest BCUT2D eigenvalue weighted by atomic mass is 10.2. The van der Waals surface area contributed by atoms with Crippen molar-refractivity contribution in [2.45, 2.75) is 0 Å². The van der Waals surface area contributed by atoms with Gasteiger partial charge in [-0.3, -0.25) is 4.40 Å². The van der Waals surface area contributed by atoms with Crippen LogP contribution < -0.4 is 0 Å². The summed E-state index contributed by atoms with van der Waals surface area (Å²) in [5.41, 5.74) is 2.36. The maximum atomic E-state index is 13.8. The van der Waals surface area contributed by atoms with E-state index in [1.807, 2.05) is 22.6 Å². The Labute approximate surface area is 115 Å². The zero-order chi connectivity index (χ0) is 13.0. The predicted molar refractivity (Wildman–Crippen MR) is 75.7 cm³/mol. The molecule has 0 aliphatic rings. The van der Waals surface area contributed by atoms with Gasteiger partial charge >= 0.3 is 0 Å². The van der Waals surface area contributed by atoms with Crippen LogP contribution in [0.1, 0.15) is 0 Å². The highest BCUT2D eigenvalue weighted by Crippen LogP contribution is 2.27. The fourth-order valence-corrected chi connectivity index (χ4v) is 2.71. The summed E-state index contributed by atoms with van der Waals surface area (Å²) in [5.74, 6) is -0.225. The fraction of sp³-hybridized carbons (Fsp3) is 0. The van der Waals surface area contributed by atoms with Gasteiger partial charge in [0.25, 0.3) is 0 Å². The third kappa shape index (κ3) is 1.48. The summed E-state index contributed by atoms with van der Waals surface area (Å²) in [6, 6.07) is 8.83. The molecule has 0 amide bonds. The van der Waals surface area contributed by atoms with Crippen LogP contribution in [-0.4, -0.2) is 14.4 Å². The van der Waals surface area contributed by atoms with Gasteiger partial charge in [-0.25, -0.2) is 14.4 Å². The molecule has 0 fully saturated rings. The molecule has 92 valence electrons. The molecule has 19 heavy (non-hydrogen) atoms. The normalized spacial score (nSPS) is 11.7. The van der Waals surface area contributed by atoms with Crippen molar-refractivity contribution < 1.29 is 4.39 Å². The zero-order valence-corrected chi connectivity index (χ0v) is 11.2. The van der Waals surface area contributed by atoms with E-state index >= 15 is 0 Å². The molecule has 4 rings (SSSR count). The Kier molecular flexibility index (Phi) is 2.14. The Bertz CT molecular complexity index is 946. The fourth-order valence-electron chi connectivity index (χ4n) is 2.38. The number of aromatic nitrogens is 3. The van der Waals surface area contributed by atoms with E-state index in [1.54, 1.807) is 18.6 Å². The van der Waals surface area contributed by atoms with Crippen LogP contribution in [0, 0.1) is 5.82 Å². The zero-order valence-electron chi connectivity index (χ0n) is 9.64. The molecule has 0 atom stereocenters. The van der Waals surface area contributed by atoms with E-state index in [4.69, 9.17) is 0 Å². The molecule has 0 aliphatic carbocycles. The van der Waals surface area contributed by atoms with Crippen molar-refractivity contribution in [3.63, 3.8) is 0 Å². The van der Waals surface area contributed by atoms with E-state index in [9.17, 15) is 4.39 Å². The first kappa shape index (κ1) is 10.9. The van der Waals surface area contributed by atoms with Gasteiger partial charge in [-0.2, -0.15) is 0 Å². The van der Waals surface area contributed by atoms with Crippen LogP contribution in [0.3, 0.4) is 0 Å². The largest absolute Gasteiger partial charge is 0.300 e. The number of benzene rings is 1. The minimum Gasteiger partial charge on any atom is -0.300 e. The van der Waals surface area contributed by atoms with Crippen LogP contribution >= 0.6 is 15.9 Å². The number of rotatable bonds is 0. The molecule has 0 spiro atoms. The molecule has 0 saturated carbocycles. The molecule has 3 heterocycles. The molecule has 0 saturated heterocycles. The van der Waals surface area contributed by atoms with Crippen LogP contribution in [0.2, 0.25) is 0 Å². The van der Waals surface area contributed by atoms with Crippen LogP contribution in [-0.2, 0) is 0 Å². The number of nitrogens with zero attached hydrogens (tertiary/aromatic N) is 3. The Morgan fingerprint density at radius 1 is 1.05 bits per heavy atom. The lowest BCUT2D eigenvalue weighted by molar-refractivity contribution is 0.640. The molecule has 3 aromatic heterocycles. The molecule has 0 N–H and O–H groups in total. The molecular weight excluding hydrogens is 309 g/mol. The van der Waals surface area contributed by atoms with E-state index < -0.39 is 0 Å². The third-order valence-electron chi connectivity index (χ3n) is 3.23. The van der Waals surface area contributed by atoms with Gasteiger partial charge < -0.3 is 0 Å². The lowest BCUT2D eigenvalue weighted by Gasteiger charge is -2.01. The summed E-state index contributed by atoms with van der Waals surface area (Å²) in [7, 11) is 0. The highest BCUT2D eigenvalue weighted by atomic mass is 79.9. The van der Waals surface area contributed by atoms with E-state index in [-0.39, 0.29) is 5.82 Å². The Morgan fingerprint density at radius 3 is 2.84 bits per heavy atom. The maximum absolute atomic E-state index is 13.8. The van der Waals surface area contributed by atoms with Gasteiger partial charge in [-0.05, 0) is 40.2 Å². The quantitative estimate of drug-likeness (QED) is 0.492. The smallest absolute Gasteiger partial charge is 0.163 e. The Morgan fingerprint density at radius 2 is 1.95 bits per heavy atom. The molecule has 1 aromatic carbocycles. The molecule has 0 aliphatic heterocycles. The molecular formula is C14H7BrFN3. The second kappa shape index (κ2) is 3.74. The molecule has 0 radical (unpaired) electrons. The van der Waals surface area contributed by atoms with Crippen LogP contribution in [0.5, 0.6) is 0 Å². The molecule has 0 bridgehead atoms. The van der Waals surface area contributed by atoms with Gasteiger partial charge in [0.2, 0.25) is 0 Å². The second-order valence-electron chi connectivity index (χ2n) is 4.34. The van der Waals surface area contributed by atoms with E-state index in [1.165, 1.54) is 6.07 Å². The second-order valence-corrected chi connectivity index (χ2v) is 5.26. The number of pyridine rings is 1. The number of halogens is 2. The number of fused-ring (bicyclic) bond motifs is 5. The standard InChI is InChI=1S/C14H7BrFN3/c15-8-4-10-13-5-9-11(16)2-1-3-12(9)19(13)7-18-14(10)17-6-8/h1-7H.